The Morgan fingerprint density at radius 3 is 2.26 bits per heavy atom. The van der Waals surface area contributed by atoms with Gasteiger partial charge in [0, 0.05) is 24.5 Å². The maximum absolute atomic E-state index is 13.0. The van der Waals surface area contributed by atoms with Crippen molar-refractivity contribution in [1.82, 2.24) is 9.36 Å². The molecule has 0 aliphatic rings. The van der Waals surface area contributed by atoms with Gasteiger partial charge in [-0.3, -0.25) is 4.31 Å². The van der Waals surface area contributed by atoms with Crippen LogP contribution in [0.3, 0.4) is 0 Å². The van der Waals surface area contributed by atoms with Crippen LogP contribution in [0.1, 0.15) is 25.6 Å². The van der Waals surface area contributed by atoms with Crippen molar-refractivity contribution in [3.05, 3.63) is 60.2 Å². The van der Waals surface area contributed by atoms with E-state index in [9.17, 15) is 12.8 Å². The lowest BCUT2D eigenvalue weighted by molar-refractivity contribution is 0.476. The van der Waals surface area contributed by atoms with Crippen molar-refractivity contribution in [3.63, 3.8) is 0 Å². The molecule has 3 rings (SSSR count). The minimum absolute atomic E-state index is 0.0156. The molecule has 0 fully saturated rings. The van der Waals surface area contributed by atoms with Crippen LogP contribution >= 0.6 is 11.5 Å². The molecule has 0 aliphatic heterocycles. The molecule has 0 N–H and O–H groups in total. The molecule has 0 bridgehead atoms. The maximum Gasteiger partial charge on any atom is 0.298 e. The van der Waals surface area contributed by atoms with E-state index in [1.807, 2.05) is 13.8 Å². The zero-order chi connectivity index (χ0) is 19.6. The molecule has 0 saturated heterocycles. The molecule has 0 atom stereocenters. The smallest absolute Gasteiger partial charge is 0.298 e. The van der Waals surface area contributed by atoms with Crippen LogP contribution in [0.5, 0.6) is 10.9 Å². The third-order valence-corrected chi connectivity index (χ3v) is 6.23. The van der Waals surface area contributed by atoms with E-state index >= 15 is 0 Å². The average Bonchev–Trinajstić information content (AvgIpc) is 3.11. The van der Waals surface area contributed by atoms with Gasteiger partial charge >= 0.3 is 0 Å². The summed E-state index contributed by atoms with van der Waals surface area (Å²) >= 11 is 1.17. The van der Waals surface area contributed by atoms with Gasteiger partial charge in [0.1, 0.15) is 17.4 Å². The van der Waals surface area contributed by atoms with Crippen LogP contribution in [-0.2, 0) is 10.0 Å². The van der Waals surface area contributed by atoms with E-state index in [1.54, 1.807) is 24.3 Å². The molecule has 27 heavy (non-hydrogen) atoms. The van der Waals surface area contributed by atoms with Crippen LogP contribution in [0, 0.1) is 5.82 Å². The summed E-state index contributed by atoms with van der Waals surface area (Å²) in [5.41, 5.74) is 0.451. The highest BCUT2D eigenvalue weighted by molar-refractivity contribution is 7.92. The monoisotopic (exact) mass is 407 g/mol. The number of aromatic nitrogens is 2. The van der Waals surface area contributed by atoms with E-state index in [0.29, 0.717) is 16.6 Å². The summed E-state index contributed by atoms with van der Waals surface area (Å²) in [6.07, 6.45) is 0. The zero-order valence-electron chi connectivity index (χ0n) is 15.0. The second-order valence-electron chi connectivity index (χ2n) is 6.10. The quantitative estimate of drug-likeness (QED) is 0.605. The summed E-state index contributed by atoms with van der Waals surface area (Å²) in [7, 11) is -2.34. The first-order chi connectivity index (χ1) is 12.8. The number of hydrogen-bond donors (Lipinski definition) is 0. The number of rotatable bonds is 6. The Bertz CT molecular complexity index is 1020. The summed E-state index contributed by atoms with van der Waals surface area (Å²) in [5, 5.41) is 0.429. The number of sulfonamides is 1. The number of ether oxygens (including phenoxy) is 1. The summed E-state index contributed by atoms with van der Waals surface area (Å²) < 4.78 is 49.3. The third kappa shape index (κ3) is 4.25. The predicted molar refractivity (Wildman–Crippen MR) is 103 cm³/mol. The highest BCUT2D eigenvalue weighted by Gasteiger charge is 2.21. The van der Waals surface area contributed by atoms with Gasteiger partial charge < -0.3 is 4.74 Å². The molecule has 2 aromatic carbocycles. The molecule has 0 amide bonds. The van der Waals surface area contributed by atoms with Gasteiger partial charge in [0.25, 0.3) is 15.2 Å². The highest BCUT2D eigenvalue weighted by Crippen LogP contribution is 2.28. The number of anilines is 1. The van der Waals surface area contributed by atoms with Gasteiger partial charge in [-0.1, -0.05) is 13.8 Å². The van der Waals surface area contributed by atoms with E-state index in [-0.39, 0.29) is 10.8 Å². The van der Waals surface area contributed by atoms with Crippen LogP contribution in [0.15, 0.2) is 53.4 Å². The van der Waals surface area contributed by atoms with Crippen LogP contribution < -0.4 is 9.04 Å². The van der Waals surface area contributed by atoms with Crippen molar-refractivity contribution < 1.29 is 17.5 Å². The molecule has 0 aliphatic carbocycles. The predicted octanol–water partition coefficient (Wildman–Crippen LogP) is 4.42. The summed E-state index contributed by atoms with van der Waals surface area (Å²) in [5.74, 6) is 0.969. The van der Waals surface area contributed by atoms with Crippen molar-refractivity contribution in [2.45, 2.75) is 24.7 Å². The fourth-order valence-corrected chi connectivity index (χ4v) is 4.11. The lowest BCUT2D eigenvalue weighted by Gasteiger charge is -2.19. The Morgan fingerprint density at radius 1 is 1.07 bits per heavy atom. The molecular weight excluding hydrogens is 389 g/mol. The lowest BCUT2D eigenvalue weighted by atomic mass is 10.2. The summed E-state index contributed by atoms with van der Waals surface area (Å²) in [6.45, 7) is 4.00. The highest BCUT2D eigenvalue weighted by atomic mass is 32.2. The SMILES string of the molecule is CC(C)c1nsc(Oc2ccc(N(C)S(=O)(=O)c3ccc(F)cc3)cc2)n1. The topological polar surface area (TPSA) is 72.4 Å². The minimum Gasteiger partial charge on any atom is -0.430 e. The lowest BCUT2D eigenvalue weighted by Crippen LogP contribution is -2.26. The molecule has 9 heteroatoms. The fourth-order valence-electron chi connectivity index (χ4n) is 2.22. The van der Waals surface area contributed by atoms with Crippen molar-refractivity contribution in [2.75, 3.05) is 11.4 Å². The molecule has 1 heterocycles. The average molecular weight is 407 g/mol. The van der Waals surface area contributed by atoms with Gasteiger partial charge in [-0.2, -0.15) is 9.36 Å². The molecule has 0 spiro atoms. The number of hydrogen-bond acceptors (Lipinski definition) is 6. The summed E-state index contributed by atoms with van der Waals surface area (Å²) in [4.78, 5) is 4.31. The van der Waals surface area contributed by atoms with E-state index in [1.165, 1.54) is 30.7 Å². The Labute approximate surface area is 161 Å². The van der Waals surface area contributed by atoms with E-state index in [0.717, 1.165) is 22.3 Å². The molecule has 0 unspecified atom stereocenters. The Hall–Kier alpha value is -2.52. The van der Waals surface area contributed by atoms with Crippen LogP contribution in [0.2, 0.25) is 0 Å². The van der Waals surface area contributed by atoms with Crippen LogP contribution in [0.4, 0.5) is 10.1 Å². The van der Waals surface area contributed by atoms with Gasteiger partial charge in [-0.25, -0.2) is 12.8 Å². The van der Waals surface area contributed by atoms with Gasteiger partial charge in [0.2, 0.25) is 0 Å². The van der Waals surface area contributed by atoms with Crippen LogP contribution in [0.25, 0.3) is 0 Å². The Balaban J connectivity index is 1.76. The zero-order valence-corrected chi connectivity index (χ0v) is 16.6. The second-order valence-corrected chi connectivity index (χ2v) is 8.78. The minimum atomic E-state index is -3.78. The maximum atomic E-state index is 13.0. The molecule has 0 radical (unpaired) electrons. The first kappa shape index (κ1) is 19.2. The Kier molecular flexibility index (Phi) is 5.43. The Morgan fingerprint density at radius 2 is 1.70 bits per heavy atom. The van der Waals surface area contributed by atoms with Crippen molar-refractivity contribution in [2.24, 2.45) is 0 Å². The largest absolute Gasteiger partial charge is 0.430 e. The van der Waals surface area contributed by atoms with Crippen LogP contribution in [-0.4, -0.2) is 24.8 Å². The molecule has 142 valence electrons. The summed E-state index contributed by atoms with van der Waals surface area (Å²) in [6, 6.07) is 11.3. The van der Waals surface area contributed by atoms with Gasteiger partial charge in [0.15, 0.2) is 0 Å². The van der Waals surface area contributed by atoms with Gasteiger partial charge in [-0.15, -0.1) is 0 Å². The van der Waals surface area contributed by atoms with E-state index in [4.69, 9.17) is 4.74 Å². The molecule has 3 aromatic rings. The molecule has 6 nitrogen and oxygen atoms in total. The van der Waals surface area contributed by atoms with E-state index < -0.39 is 15.8 Å². The van der Waals surface area contributed by atoms with E-state index in [2.05, 4.69) is 9.36 Å². The number of nitrogens with zero attached hydrogens (tertiary/aromatic N) is 3. The van der Waals surface area contributed by atoms with Gasteiger partial charge in [0.05, 0.1) is 10.6 Å². The van der Waals surface area contributed by atoms with Crippen molar-refractivity contribution in [1.29, 1.82) is 0 Å². The molecule has 0 saturated carbocycles. The van der Waals surface area contributed by atoms with Crippen molar-refractivity contribution >= 4 is 27.2 Å². The normalized spacial score (nSPS) is 11.6. The first-order valence-corrected chi connectivity index (χ1v) is 10.3. The third-order valence-electron chi connectivity index (χ3n) is 3.82. The standard InChI is InChI=1S/C18H18FN3O3S2/c1-12(2)17-20-18(26-21-17)25-15-8-6-14(7-9-15)22(3)27(23,24)16-10-4-13(19)5-11-16/h4-12H,1-3H3. The first-order valence-electron chi connectivity index (χ1n) is 8.13. The number of benzene rings is 2. The number of halogens is 1. The second kappa shape index (κ2) is 7.61. The van der Waals surface area contributed by atoms with Gasteiger partial charge in [-0.05, 0) is 48.5 Å². The molecular formula is C18H18FN3O3S2. The fraction of sp³-hybridized carbons (Fsp3) is 0.222. The van der Waals surface area contributed by atoms with Crippen molar-refractivity contribution in [3.8, 4) is 10.9 Å². The molecule has 1 aromatic heterocycles.